The normalized spacial score (nSPS) is 17.9. The van der Waals surface area contributed by atoms with Crippen LogP contribution in [0.1, 0.15) is 30.1 Å². The van der Waals surface area contributed by atoms with Crippen LogP contribution in [0.3, 0.4) is 0 Å². The molecule has 1 aromatic carbocycles. The molecule has 1 aliphatic carbocycles. The first-order valence-corrected chi connectivity index (χ1v) is 7.94. The lowest BCUT2D eigenvalue weighted by molar-refractivity contribution is 0.0980. The van der Waals surface area contributed by atoms with Gasteiger partial charge in [0.1, 0.15) is 10.3 Å². The highest BCUT2D eigenvalue weighted by atomic mass is 32.2. The Hall–Kier alpha value is -1.38. The summed E-state index contributed by atoms with van der Waals surface area (Å²) >= 11 is -0.345. The van der Waals surface area contributed by atoms with E-state index < -0.39 is 23.1 Å². The summed E-state index contributed by atoms with van der Waals surface area (Å²) in [6.07, 6.45) is 1.64. The summed E-state index contributed by atoms with van der Waals surface area (Å²) < 4.78 is 28.3. The van der Waals surface area contributed by atoms with Crippen LogP contribution in [-0.2, 0) is 11.4 Å². The van der Waals surface area contributed by atoms with Gasteiger partial charge in [0.2, 0.25) is 0 Å². The number of amides is 1. The fraction of sp³-hybridized carbons (Fsp3) is 0.333. The number of thiazole rings is 1. The lowest BCUT2D eigenvalue weighted by Crippen LogP contribution is -2.38. The maximum absolute atomic E-state index is 13.8. The molecule has 1 fully saturated rings. The predicted molar refractivity (Wildman–Crippen MR) is 77.2 cm³/mol. The molecule has 5 nitrogen and oxygen atoms in total. The van der Waals surface area contributed by atoms with Gasteiger partial charge < -0.3 is 10.3 Å². The molecule has 3 rings (SSSR count). The molecule has 20 heavy (non-hydrogen) atoms. The lowest BCUT2D eigenvalue weighted by Gasteiger charge is -2.16. The number of halogens is 1. The van der Waals surface area contributed by atoms with Crippen molar-refractivity contribution in [2.75, 3.05) is 5.73 Å². The van der Waals surface area contributed by atoms with Gasteiger partial charge in [-0.1, -0.05) is 11.3 Å². The number of nitrogens with zero attached hydrogens (tertiary/aromatic N) is 1. The Kier molecular flexibility index (Phi) is 3.11. The molecule has 1 heterocycles. The summed E-state index contributed by atoms with van der Waals surface area (Å²) in [7, 11) is 0. The highest BCUT2D eigenvalue weighted by Crippen LogP contribution is 2.42. The van der Waals surface area contributed by atoms with Gasteiger partial charge in [-0.3, -0.25) is 4.79 Å². The van der Waals surface area contributed by atoms with Crippen molar-refractivity contribution in [1.29, 1.82) is 0 Å². The van der Waals surface area contributed by atoms with Gasteiger partial charge in [0, 0.05) is 18.4 Å². The number of hydrogen-bond donors (Lipinski definition) is 2. The van der Waals surface area contributed by atoms with E-state index >= 15 is 0 Å². The lowest BCUT2D eigenvalue weighted by atomic mass is 10.2. The topological polar surface area (TPSA) is 91.1 Å². The third-order valence-electron chi connectivity index (χ3n) is 3.31. The molecule has 0 radical (unpaired) electrons. The summed E-state index contributed by atoms with van der Waals surface area (Å²) in [5, 5.41) is 0.241. The molecular weight excluding hydrogens is 301 g/mol. The number of hydrogen-bond acceptors (Lipinski definition) is 5. The van der Waals surface area contributed by atoms with Gasteiger partial charge in [-0.05, 0) is 19.1 Å². The Morgan fingerprint density at radius 3 is 2.95 bits per heavy atom. The molecule has 8 heteroatoms. The number of rotatable bonds is 3. The Morgan fingerprint density at radius 2 is 2.30 bits per heavy atom. The van der Waals surface area contributed by atoms with Gasteiger partial charge in [0.05, 0.1) is 16.1 Å². The smallest absolute Gasteiger partial charge is 0.292 e. The average molecular weight is 313 g/mol. The molecule has 2 aromatic rings. The number of aromatic nitrogens is 1. The Balaban J connectivity index is 1.87. The first kappa shape index (κ1) is 13.6. The van der Waals surface area contributed by atoms with Crippen molar-refractivity contribution in [2.24, 2.45) is 0 Å². The van der Waals surface area contributed by atoms with Crippen LogP contribution in [0.2, 0.25) is 0 Å². The van der Waals surface area contributed by atoms with Crippen LogP contribution in [0.5, 0.6) is 0 Å². The highest BCUT2D eigenvalue weighted by Gasteiger charge is 2.51. The second-order valence-electron chi connectivity index (χ2n) is 5.01. The monoisotopic (exact) mass is 313 g/mol. The fourth-order valence-electron chi connectivity index (χ4n) is 1.76. The molecule has 1 atom stereocenters. The number of fused-ring (bicyclic) bond motifs is 1. The SMILES string of the molecule is CC1([S+]([O-])NC(=O)c2cc(F)c3nc(N)sc3c2)CC1. The number of anilines is 1. The van der Waals surface area contributed by atoms with Gasteiger partial charge in [-0.25, -0.2) is 9.37 Å². The number of nitrogen functional groups attached to an aromatic ring is 1. The minimum absolute atomic E-state index is 0.122. The summed E-state index contributed by atoms with van der Waals surface area (Å²) in [5.74, 6) is -1.16. The zero-order valence-electron chi connectivity index (χ0n) is 10.6. The third kappa shape index (κ3) is 2.34. The van der Waals surface area contributed by atoms with Gasteiger partial charge in [-0.15, -0.1) is 0 Å². The van der Waals surface area contributed by atoms with Crippen molar-refractivity contribution in [3.63, 3.8) is 0 Å². The summed E-state index contributed by atoms with van der Waals surface area (Å²) in [6, 6.07) is 2.59. The van der Waals surface area contributed by atoms with Crippen LogP contribution in [0.15, 0.2) is 12.1 Å². The van der Waals surface area contributed by atoms with Crippen LogP contribution in [0.25, 0.3) is 10.2 Å². The zero-order chi connectivity index (χ0) is 14.5. The van der Waals surface area contributed by atoms with Crippen molar-refractivity contribution in [3.8, 4) is 0 Å². The molecule has 0 aliphatic heterocycles. The molecule has 0 bridgehead atoms. The van der Waals surface area contributed by atoms with Crippen LogP contribution >= 0.6 is 11.3 Å². The van der Waals surface area contributed by atoms with Crippen molar-refractivity contribution < 1.29 is 13.7 Å². The van der Waals surface area contributed by atoms with Gasteiger partial charge in [0.25, 0.3) is 5.91 Å². The minimum Gasteiger partial charge on any atom is -0.593 e. The number of nitrogens with two attached hydrogens (primary N) is 1. The summed E-state index contributed by atoms with van der Waals surface area (Å²) in [4.78, 5) is 15.9. The molecular formula is C12H12FN3O2S2. The van der Waals surface area contributed by atoms with Crippen LogP contribution < -0.4 is 10.5 Å². The quantitative estimate of drug-likeness (QED) is 0.847. The Bertz CT molecular complexity index is 699. The van der Waals surface area contributed by atoms with Crippen LogP contribution in [0, 0.1) is 5.82 Å². The summed E-state index contributed by atoms with van der Waals surface area (Å²) in [6.45, 7) is 1.84. The second-order valence-corrected chi connectivity index (χ2v) is 7.80. The van der Waals surface area contributed by atoms with Gasteiger partial charge in [-0.2, -0.15) is 4.72 Å². The van der Waals surface area contributed by atoms with E-state index in [9.17, 15) is 13.7 Å². The molecule has 1 amide bonds. The number of benzene rings is 1. The predicted octanol–water partition coefficient (Wildman–Crippen LogP) is 1.96. The van der Waals surface area contributed by atoms with E-state index in [4.69, 9.17) is 5.73 Å². The molecule has 1 aromatic heterocycles. The minimum atomic E-state index is -1.45. The van der Waals surface area contributed by atoms with E-state index in [0.29, 0.717) is 4.70 Å². The van der Waals surface area contributed by atoms with E-state index in [1.165, 1.54) is 6.07 Å². The van der Waals surface area contributed by atoms with E-state index in [-0.39, 0.29) is 21.0 Å². The molecule has 0 saturated heterocycles. The third-order valence-corrected chi connectivity index (χ3v) is 5.82. The largest absolute Gasteiger partial charge is 0.593 e. The maximum atomic E-state index is 13.8. The second kappa shape index (κ2) is 4.57. The molecule has 0 spiro atoms. The zero-order valence-corrected chi connectivity index (χ0v) is 12.2. The Labute approximate surface area is 121 Å². The Morgan fingerprint density at radius 1 is 1.60 bits per heavy atom. The summed E-state index contributed by atoms with van der Waals surface area (Å²) in [5.41, 5.74) is 5.80. The van der Waals surface area contributed by atoms with Gasteiger partial charge >= 0.3 is 0 Å². The first-order chi connectivity index (χ1) is 9.39. The van der Waals surface area contributed by atoms with Crippen LogP contribution in [0.4, 0.5) is 9.52 Å². The molecule has 1 aliphatic rings. The van der Waals surface area contributed by atoms with E-state index in [2.05, 4.69) is 9.71 Å². The average Bonchev–Trinajstić information content (AvgIpc) is 3.01. The van der Waals surface area contributed by atoms with E-state index in [0.717, 1.165) is 30.2 Å². The molecule has 1 unspecified atom stereocenters. The van der Waals surface area contributed by atoms with Crippen LogP contribution in [-0.4, -0.2) is 20.2 Å². The van der Waals surface area contributed by atoms with Crippen molar-refractivity contribution in [3.05, 3.63) is 23.5 Å². The van der Waals surface area contributed by atoms with Gasteiger partial charge in [0.15, 0.2) is 10.9 Å². The fourth-order valence-corrected chi connectivity index (χ4v) is 3.56. The highest BCUT2D eigenvalue weighted by molar-refractivity contribution is 7.91. The maximum Gasteiger partial charge on any atom is 0.292 e. The van der Waals surface area contributed by atoms with Crippen molar-refractivity contribution in [1.82, 2.24) is 9.71 Å². The van der Waals surface area contributed by atoms with E-state index in [1.54, 1.807) is 0 Å². The number of carbonyl (C=O) groups is 1. The number of carbonyl (C=O) groups excluding carboxylic acids is 1. The van der Waals surface area contributed by atoms with E-state index in [1.807, 2.05) is 6.92 Å². The molecule has 1 saturated carbocycles. The first-order valence-electron chi connectivity index (χ1n) is 5.97. The van der Waals surface area contributed by atoms with Crippen molar-refractivity contribution >= 4 is 44.0 Å². The molecule has 106 valence electrons. The molecule has 3 N–H and O–H groups in total. The van der Waals surface area contributed by atoms with Crippen molar-refractivity contribution in [2.45, 2.75) is 24.5 Å². The number of nitrogens with one attached hydrogen (secondary N) is 1. The standard InChI is InChI=1S/C12H12FN3O2S2/c1-12(2-3-12)20(18)16-10(17)6-4-7(13)9-8(5-6)19-11(14)15-9/h4-5H,2-3H2,1H3,(H2,14,15)(H,16,17).